The highest BCUT2D eigenvalue weighted by molar-refractivity contribution is 6.17. The van der Waals surface area contributed by atoms with E-state index in [1.165, 1.54) is 6.07 Å². The largest absolute Gasteiger partial charge is 0.395 e. The summed E-state index contributed by atoms with van der Waals surface area (Å²) in [4.78, 5) is 14.8. The summed E-state index contributed by atoms with van der Waals surface area (Å²) in [5.41, 5.74) is 3.95. The van der Waals surface area contributed by atoms with Crippen molar-refractivity contribution in [2.45, 2.75) is 6.10 Å². The molecule has 1 unspecified atom stereocenters. The van der Waals surface area contributed by atoms with Crippen LogP contribution >= 0.6 is 0 Å². The van der Waals surface area contributed by atoms with Gasteiger partial charge in [-0.25, -0.2) is 0 Å². The van der Waals surface area contributed by atoms with Crippen LogP contribution in [0.3, 0.4) is 0 Å². The molecule has 6 heteroatoms. The van der Waals surface area contributed by atoms with Gasteiger partial charge in [-0.2, -0.15) is 0 Å². The number of fused-ring (bicyclic) bond motifs is 3. The van der Waals surface area contributed by atoms with Crippen LogP contribution in [0.5, 0.6) is 0 Å². The van der Waals surface area contributed by atoms with E-state index in [1.54, 1.807) is 6.08 Å². The van der Waals surface area contributed by atoms with Gasteiger partial charge in [0.1, 0.15) is 0 Å². The number of anilines is 1. The van der Waals surface area contributed by atoms with E-state index >= 15 is 0 Å². The molecule has 0 fully saturated rings. The van der Waals surface area contributed by atoms with E-state index in [0.29, 0.717) is 24.0 Å². The molecular formula is C22H20N2O4. The van der Waals surface area contributed by atoms with E-state index in [4.69, 9.17) is 0 Å². The minimum atomic E-state index is -0.842. The summed E-state index contributed by atoms with van der Waals surface area (Å²) in [6, 6.07) is 9.29. The fourth-order valence-corrected chi connectivity index (χ4v) is 4.46. The fourth-order valence-electron chi connectivity index (χ4n) is 4.46. The highest BCUT2D eigenvalue weighted by Gasteiger charge is 2.26. The first-order valence-corrected chi connectivity index (χ1v) is 9.34. The fraction of sp³-hybridized carbons (Fsp3) is 0.227. The Hall–Kier alpha value is -2.93. The van der Waals surface area contributed by atoms with Crippen LogP contribution < -0.4 is 10.3 Å². The molecule has 2 aromatic heterocycles. The molecule has 2 heterocycles. The van der Waals surface area contributed by atoms with Gasteiger partial charge in [-0.1, -0.05) is 30.4 Å². The quantitative estimate of drug-likeness (QED) is 0.495. The van der Waals surface area contributed by atoms with E-state index in [0.717, 1.165) is 33.1 Å². The smallest absolute Gasteiger partial charge is 0.189 e. The lowest BCUT2D eigenvalue weighted by atomic mass is 9.91. The molecule has 0 saturated carbocycles. The van der Waals surface area contributed by atoms with Gasteiger partial charge >= 0.3 is 0 Å². The molecule has 3 N–H and O–H groups in total. The predicted octanol–water partition coefficient (Wildman–Crippen LogP) is 1.89. The van der Waals surface area contributed by atoms with E-state index in [-0.39, 0.29) is 18.6 Å². The van der Waals surface area contributed by atoms with Gasteiger partial charge in [0.15, 0.2) is 5.43 Å². The molecule has 0 radical (unpaired) electrons. The van der Waals surface area contributed by atoms with Crippen LogP contribution in [-0.4, -0.2) is 46.0 Å². The molecule has 1 aliphatic carbocycles. The highest BCUT2D eigenvalue weighted by Crippen LogP contribution is 2.42. The third-order valence-electron chi connectivity index (χ3n) is 5.61. The first-order valence-electron chi connectivity index (χ1n) is 9.34. The summed E-state index contributed by atoms with van der Waals surface area (Å²) in [7, 11) is 0. The minimum Gasteiger partial charge on any atom is -0.395 e. The Labute approximate surface area is 160 Å². The molecule has 0 amide bonds. The molecule has 142 valence electrons. The first-order chi connectivity index (χ1) is 13.7. The lowest BCUT2D eigenvalue weighted by molar-refractivity contribution is 0.230. The van der Waals surface area contributed by atoms with Crippen molar-refractivity contribution in [3.8, 4) is 0 Å². The number of pyridine rings is 1. The summed E-state index contributed by atoms with van der Waals surface area (Å²) in [6.45, 7) is 0.661. The molecule has 5 rings (SSSR count). The number of aromatic nitrogens is 1. The number of hydrogen-bond acceptors (Lipinski definition) is 5. The maximum absolute atomic E-state index is 12.9. The summed E-state index contributed by atoms with van der Waals surface area (Å²) < 4.78 is 2.00. The van der Waals surface area contributed by atoms with Crippen molar-refractivity contribution in [3.05, 3.63) is 64.0 Å². The van der Waals surface area contributed by atoms with E-state index in [9.17, 15) is 20.1 Å². The van der Waals surface area contributed by atoms with Gasteiger partial charge in [0.05, 0.1) is 41.4 Å². The number of para-hydroxylation sites is 1. The molecular weight excluding hydrogens is 356 g/mol. The number of aliphatic hydroxyl groups excluding tert-OH is 3. The molecule has 2 aromatic carbocycles. The van der Waals surface area contributed by atoms with Crippen LogP contribution in [0.2, 0.25) is 0 Å². The summed E-state index contributed by atoms with van der Waals surface area (Å²) >= 11 is 0. The van der Waals surface area contributed by atoms with Crippen LogP contribution in [0.4, 0.5) is 5.69 Å². The van der Waals surface area contributed by atoms with Crippen molar-refractivity contribution < 1.29 is 15.3 Å². The zero-order chi connectivity index (χ0) is 19.4. The standard InChI is InChI=1S/C22H20N2O4/c25-9-7-23(8-10-26)17-12-24-16-4-2-1-3-13(16)21-19(28)11-15-18(27)6-5-14(17)20(15)22(21)24/h1-6,11-12,18,25-27H,7-10H2. The third-order valence-corrected chi connectivity index (χ3v) is 5.61. The number of benzene rings is 2. The maximum Gasteiger partial charge on any atom is 0.189 e. The van der Waals surface area contributed by atoms with Gasteiger partial charge in [0.25, 0.3) is 0 Å². The van der Waals surface area contributed by atoms with E-state index in [2.05, 4.69) is 0 Å². The molecule has 6 nitrogen and oxygen atoms in total. The predicted molar refractivity (Wildman–Crippen MR) is 110 cm³/mol. The average Bonchev–Trinajstić information content (AvgIpc) is 3.04. The molecule has 0 spiro atoms. The van der Waals surface area contributed by atoms with Crippen LogP contribution in [-0.2, 0) is 0 Å². The normalized spacial score (nSPS) is 15.9. The monoisotopic (exact) mass is 376 g/mol. The number of hydrogen-bond donors (Lipinski definition) is 3. The highest BCUT2D eigenvalue weighted by atomic mass is 16.3. The summed E-state index contributed by atoms with van der Waals surface area (Å²) in [5, 5.41) is 31.9. The molecule has 4 aromatic rings. The average molecular weight is 376 g/mol. The van der Waals surface area contributed by atoms with Crippen LogP contribution in [0.15, 0.2) is 47.4 Å². The van der Waals surface area contributed by atoms with Gasteiger partial charge in [-0.3, -0.25) is 4.79 Å². The van der Waals surface area contributed by atoms with E-state index < -0.39 is 6.10 Å². The van der Waals surface area contributed by atoms with Crippen molar-refractivity contribution in [1.82, 2.24) is 4.40 Å². The Morgan fingerprint density at radius 1 is 1.07 bits per heavy atom. The van der Waals surface area contributed by atoms with Crippen molar-refractivity contribution in [1.29, 1.82) is 0 Å². The van der Waals surface area contributed by atoms with Crippen LogP contribution in [0, 0.1) is 0 Å². The lowest BCUT2D eigenvalue weighted by Crippen LogP contribution is -2.31. The minimum absolute atomic E-state index is 0.0436. The van der Waals surface area contributed by atoms with Gasteiger partial charge in [-0.05, 0) is 17.7 Å². The number of nitrogens with zero attached hydrogens (tertiary/aromatic N) is 2. The Morgan fingerprint density at radius 2 is 1.82 bits per heavy atom. The van der Waals surface area contributed by atoms with Crippen LogP contribution in [0.25, 0.3) is 33.3 Å². The first kappa shape index (κ1) is 17.2. The molecule has 0 saturated heterocycles. The second-order valence-corrected chi connectivity index (χ2v) is 7.12. The molecule has 1 atom stereocenters. The maximum atomic E-state index is 12.9. The molecule has 0 bridgehead atoms. The Kier molecular flexibility index (Phi) is 3.87. The van der Waals surface area contributed by atoms with Crippen molar-refractivity contribution in [2.75, 3.05) is 31.2 Å². The molecule has 28 heavy (non-hydrogen) atoms. The zero-order valence-electron chi connectivity index (χ0n) is 15.2. The van der Waals surface area contributed by atoms with Crippen molar-refractivity contribution >= 4 is 39.0 Å². The van der Waals surface area contributed by atoms with Gasteiger partial charge in [0, 0.05) is 35.6 Å². The Morgan fingerprint density at radius 3 is 2.57 bits per heavy atom. The Bertz CT molecular complexity index is 1290. The van der Waals surface area contributed by atoms with Gasteiger partial charge in [-0.15, -0.1) is 0 Å². The second-order valence-electron chi connectivity index (χ2n) is 7.12. The Balaban J connectivity index is 2.01. The molecule has 1 aliphatic rings. The van der Waals surface area contributed by atoms with Crippen molar-refractivity contribution in [3.63, 3.8) is 0 Å². The second kappa shape index (κ2) is 6.31. The summed E-state index contributed by atoms with van der Waals surface area (Å²) in [6.07, 6.45) is 4.66. The summed E-state index contributed by atoms with van der Waals surface area (Å²) in [5.74, 6) is 0. The van der Waals surface area contributed by atoms with Gasteiger partial charge < -0.3 is 24.6 Å². The van der Waals surface area contributed by atoms with Gasteiger partial charge in [0.2, 0.25) is 0 Å². The SMILES string of the molecule is O=c1cc2c3c(c(N(CCO)CCO)cn4c5ccccc5c1c34)C=CC2O. The van der Waals surface area contributed by atoms with E-state index in [1.807, 2.05) is 45.8 Å². The molecule has 0 aliphatic heterocycles. The topological polar surface area (TPSA) is 85.4 Å². The lowest BCUT2D eigenvalue weighted by Gasteiger charge is -2.28. The third kappa shape index (κ3) is 2.22. The van der Waals surface area contributed by atoms with Crippen molar-refractivity contribution in [2.24, 2.45) is 0 Å². The number of rotatable bonds is 5. The zero-order valence-corrected chi connectivity index (χ0v) is 15.2. The number of aliphatic hydroxyl groups is 3. The van der Waals surface area contributed by atoms with Crippen LogP contribution in [0.1, 0.15) is 17.2 Å².